The van der Waals surface area contributed by atoms with E-state index in [4.69, 9.17) is 9.84 Å². The number of aliphatic carboxylic acids is 1. The van der Waals surface area contributed by atoms with Gasteiger partial charge in [-0.1, -0.05) is 6.07 Å². The van der Waals surface area contributed by atoms with Crippen LogP contribution < -0.4 is 4.74 Å². The number of hydrogen-bond donors (Lipinski definition) is 1. The number of rotatable bonds is 4. The van der Waals surface area contributed by atoms with Crippen molar-refractivity contribution in [1.29, 1.82) is 0 Å². The minimum Gasteiger partial charge on any atom is -0.491 e. The van der Waals surface area contributed by atoms with Crippen LogP contribution in [-0.2, 0) is 4.79 Å². The highest BCUT2D eigenvalue weighted by Crippen LogP contribution is 2.30. The highest BCUT2D eigenvalue weighted by Gasteiger charge is 2.45. The van der Waals surface area contributed by atoms with Gasteiger partial charge >= 0.3 is 12.1 Å². The van der Waals surface area contributed by atoms with Crippen molar-refractivity contribution >= 4 is 21.9 Å². The van der Waals surface area contributed by atoms with Crippen LogP contribution in [0.5, 0.6) is 5.75 Å². The van der Waals surface area contributed by atoms with E-state index < -0.39 is 24.7 Å². The van der Waals surface area contributed by atoms with Gasteiger partial charge in [-0.25, -0.2) is 0 Å². The summed E-state index contributed by atoms with van der Waals surface area (Å²) in [5, 5.41) is 8.49. The van der Waals surface area contributed by atoms with Gasteiger partial charge in [-0.2, -0.15) is 13.2 Å². The first-order valence-corrected chi connectivity index (χ1v) is 5.69. The monoisotopic (exact) mass is 326 g/mol. The molecule has 1 rings (SSSR count). The van der Waals surface area contributed by atoms with Crippen LogP contribution in [0.1, 0.15) is 5.56 Å². The van der Waals surface area contributed by atoms with E-state index in [9.17, 15) is 18.0 Å². The molecule has 100 valence electrons. The molecule has 0 radical (unpaired) electrons. The van der Waals surface area contributed by atoms with Crippen molar-refractivity contribution in [3.63, 3.8) is 0 Å². The molecule has 1 unspecified atom stereocenters. The van der Waals surface area contributed by atoms with E-state index in [0.29, 0.717) is 4.47 Å². The molecule has 0 aromatic heterocycles. The maximum absolute atomic E-state index is 12.4. The summed E-state index contributed by atoms with van der Waals surface area (Å²) >= 11 is 3.13. The largest absolute Gasteiger partial charge is 0.491 e. The maximum Gasteiger partial charge on any atom is 0.405 e. The van der Waals surface area contributed by atoms with Gasteiger partial charge < -0.3 is 9.84 Å². The summed E-state index contributed by atoms with van der Waals surface area (Å²) in [7, 11) is 0. The van der Waals surface area contributed by atoms with Crippen molar-refractivity contribution in [3.8, 4) is 5.75 Å². The molecule has 0 bridgehead atoms. The first-order valence-electron chi connectivity index (χ1n) is 4.90. The molecule has 0 aliphatic heterocycles. The van der Waals surface area contributed by atoms with Crippen molar-refractivity contribution in [2.75, 3.05) is 6.61 Å². The number of ether oxygens (including phenoxy) is 1. The lowest BCUT2D eigenvalue weighted by atomic mass is 10.1. The lowest BCUT2D eigenvalue weighted by molar-refractivity contribution is -0.198. The summed E-state index contributed by atoms with van der Waals surface area (Å²) in [5.41, 5.74) is 0.903. The molecule has 0 amide bonds. The third-order valence-corrected chi connectivity index (χ3v) is 2.81. The second-order valence-electron chi connectivity index (χ2n) is 3.68. The van der Waals surface area contributed by atoms with Gasteiger partial charge in [0.2, 0.25) is 0 Å². The van der Waals surface area contributed by atoms with Crippen molar-refractivity contribution in [2.24, 2.45) is 5.92 Å². The first-order chi connectivity index (χ1) is 8.21. The van der Waals surface area contributed by atoms with Gasteiger partial charge in [-0.05, 0) is 40.5 Å². The van der Waals surface area contributed by atoms with Gasteiger partial charge in [0.15, 0.2) is 5.92 Å². The van der Waals surface area contributed by atoms with E-state index in [0.717, 1.165) is 5.56 Å². The predicted molar refractivity (Wildman–Crippen MR) is 61.6 cm³/mol. The number of alkyl halides is 3. The highest BCUT2D eigenvalue weighted by atomic mass is 79.9. The van der Waals surface area contributed by atoms with Gasteiger partial charge in [0.1, 0.15) is 12.4 Å². The summed E-state index contributed by atoms with van der Waals surface area (Å²) in [6.07, 6.45) is -4.83. The molecule has 0 spiro atoms. The maximum atomic E-state index is 12.4. The first kappa shape index (κ1) is 14.8. The van der Waals surface area contributed by atoms with Gasteiger partial charge in [0.05, 0.1) is 4.47 Å². The van der Waals surface area contributed by atoms with Gasteiger partial charge in [0, 0.05) is 0 Å². The lowest BCUT2D eigenvalue weighted by Crippen LogP contribution is -2.35. The molecule has 0 saturated carbocycles. The third kappa shape index (κ3) is 3.90. The molecule has 3 nitrogen and oxygen atoms in total. The van der Waals surface area contributed by atoms with Crippen LogP contribution in [0.2, 0.25) is 0 Å². The number of carbonyl (C=O) groups is 1. The molecule has 1 N–H and O–H groups in total. The zero-order valence-electron chi connectivity index (χ0n) is 9.29. The van der Waals surface area contributed by atoms with E-state index in [2.05, 4.69) is 15.9 Å². The van der Waals surface area contributed by atoms with Gasteiger partial charge in [0.25, 0.3) is 0 Å². The molecule has 0 aliphatic rings. The van der Waals surface area contributed by atoms with E-state index in [1.807, 2.05) is 6.92 Å². The number of aryl methyl sites for hydroxylation is 1. The lowest BCUT2D eigenvalue weighted by Gasteiger charge is -2.17. The van der Waals surface area contributed by atoms with Crippen LogP contribution in [0.15, 0.2) is 22.7 Å². The van der Waals surface area contributed by atoms with Crippen molar-refractivity contribution in [3.05, 3.63) is 28.2 Å². The quantitative estimate of drug-likeness (QED) is 0.922. The standard InChI is InChI=1S/C11H10BrF3O3/c1-6-2-3-9(8(12)4-6)18-5-7(10(16)17)11(13,14)15/h2-4,7H,5H2,1H3,(H,16,17). The normalized spacial score (nSPS) is 13.2. The van der Waals surface area contributed by atoms with Crippen LogP contribution in [0.25, 0.3) is 0 Å². The molecular formula is C11H10BrF3O3. The second kappa shape index (κ2) is 5.60. The average molecular weight is 327 g/mol. The van der Waals surface area contributed by atoms with Crippen LogP contribution in [0.4, 0.5) is 13.2 Å². The van der Waals surface area contributed by atoms with Crippen LogP contribution in [-0.4, -0.2) is 23.9 Å². The summed E-state index contributed by atoms with van der Waals surface area (Å²) in [6.45, 7) is 0.852. The Morgan fingerprint density at radius 3 is 2.56 bits per heavy atom. The Balaban J connectivity index is 2.77. The fourth-order valence-electron chi connectivity index (χ4n) is 1.20. The molecule has 1 aromatic carbocycles. The van der Waals surface area contributed by atoms with E-state index in [-0.39, 0.29) is 5.75 Å². The van der Waals surface area contributed by atoms with Gasteiger partial charge in [-0.3, -0.25) is 4.79 Å². The molecule has 1 atom stereocenters. The third-order valence-electron chi connectivity index (χ3n) is 2.19. The number of halogens is 4. The van der Waals surface area contributed by atoms with Crippen molar-refractivity contribution < 1.29 is 27.8 Å². The van der Waals surface area contributed by atoms with Crippen LogP contribution >= 0.6 is 15.9 Å². The van der Waals surface area contributed by atoms with E-state index in [1.165, 1.54) is 6.07 Å². The van der Waals surface area contributed by atoms with Gasteiger partial charge in [-0.15, -0.1) is 0 Å². The smallest absolute Gasteiger partial charge is 0.405 e. The van der Waals surface area contributed by atoms with Crippen LogP contribution in [0, 0.1) is 12.8 Å². The summed E-state index contributed by atoms with van der Waals surface area (Å²) < 4.78 is 42.5. The fraction of sp³-hybridized carbons (Fsp3) is 0.364. The summed E-state index contributed by atoms with van der Waals surface area (Å²) in [5.74, 6) is -4.31. The molecule has 1 aromatic rings. The summed E-state index contributed by atoms with van der Waals surface area (Å²) in [6, 6.07) is 4.80. The predicted octanol–water partition coefficient (Wildman–Crippen LogP) is 3.40. The van der Waals surface area contributed by atoms with Crippen LogP contribution in [0.3, 0.4) is 0 Å². The number of carboxylic acid groups (broad SMARTS) is 1. The highest BCUT2D eigenvalue weighted by molar-refractivity contribution is 9.10. The Bertz CT molecular complexity index is 446. The van der Waals surface area contributed by atoms with E-state index >= 15 is 0 Å². The minimum absolute atomic E-state index is 0.177. The zero-order valence-corrected chi connectivity index (χ0v) is 10.9. The molecular weight excluding hydrogens is 317 g/mol. The zero-order chi connectivity index (χ0) is 13.9. The SMILES string of the molecule is Cc1ccc(OCC(C(=O)O)C(F)(F)F)c(Br)c1. The Morgan fingerprint density at radius 1 is 1.50 bits per heavy atom. The number of carboxylic acids is 1. The van der Waals surface area contributed by atoms with E-state index in [1.54, 1.807) is 12.1 Å². The molecule has 0 aliphatic carbocycles. The molecule has 18 heavy (non-hydrogen) atoms. The minimum atomic E-state index is -4.83. The molecule has 0 saturated heterocycles. The van der Waals surface area contributed by atoms with Crippen molar-refractivity contribution in [1.82, 2.24) is 0 Å². The van der Waals surface area contributed by atoms with Crippen molar-refractivity contribution in [2.45, 2.75) is 13.1 Å². The Hall–Kier alpha value is -1.24. The number of benzene rings is 1. The fourth-order valence-corrected chi connectivity index (χ4v) is 1.81. The Morgan fingerprint density at radius 2 is 2.11 bits per heavy atom. The topological polar surface area (TPSA) is 46.5 Å². The molecule has 7 heteroatoms. The Kier molecular flexibility index (Phi) is 4.61. The molecule has 0 fully saturated rings. The Labute approximate surface area is 110 Å². The number of hydrogen-bond acceptors (Lipinski definition) is 2. The molecule has 0 heterocycles. The average Bonchev–Trinajstić information content (AvgIpc) is 2.18. The summed E-state index contributed by atoms with van der Waals surface area (Å²) in [4.78, 5) is 10.5. The second-order valence-corrected chi connectivity index (χ2v) is 4.53.